The third-order valence-electron chi connectivity index (χ3n) is 8.38. The molecule has 0 bridgehead atoms. The molecule has 0 aliphatic carbocycles. The highest BCUT2D eigenvalue weighted by Gasteiger charge is 2.16. The molecule has 0 saturated carbocycles. The highest BCUT2D eigenvalue weighted by molar-refractivity contribution is 6.18. The summed E-state index contributed by atoms with van der Waals surface area (Å²) in [4.78, 5) is 18.3. The van der Waals surface area contributed by atoms with Crippen molar-refractivity contribution in [1.29, 1.82) is 0 Å². The molecule has 9 rings (SSSR count). The van der Waals surface area contributed by atoms with Gasteiger partial charge in [0.1, 0.15) is 0 Å². The first-order chi connectivity index (χ1) is 21.8. The summed E-state index contributed by atoms with van der Waals surface area (Å²) in [5.41, 5.74) is 8.54. The SMILES string of the molecule is c1ccc(-c2nc(-c3ccccc3)nc(-c3ccc(-n4c5ccccc5c5cc6c(cc54)[nH]c4ccccc46)cc3)n2)cc1. The lowest BCUT2D eigenvalue weighted by atomic mass is 10.1. The molecule has 0 saturated heterocycles. The van der Waals surface area contributed by atoms with E-state index in [1.165, 1.54) is 27.1 Å². The molecule has 0 radical (unpaired) electrons. The summed E-state index contributed by atoms with van der Waals surface area (Å²) in [6.07, 6.45) is 0. The van der Waals surface area contributed by atoms with Gasteiger partial charge in [-0.05, 0) is 48.5 Å². The zero-order valence-corrected chi connectivity index (χ0v) is 23.6. The highest BCUT2D eigenvalue weighted by atomic mass is 15.0. The molecule has 3 aromatic heterocycles. The van der Waals surface area contributed by atoms with Gasteiger partial charge >= 0.3 is 0 Å². The number of para-hydroxylation sites is 2. The Morgan fingerprint density at radius 3 is 1.59 bits per heavy atom. The van der Waals surface area contributed by atoms with Crippen LogP contribution in [0.5, 0.6) is 0 Å². The topological polar surface area (TPSA) is 59.4 Å². The van der Waals surface area contributed by atoms with Gasteiger partial charge < -0.3 is 9.55 Å². The van der Waals surface area contributed by atoms with Crippen LogP contribution in [0.2, 0.25) is 0 Å². The minimum absolute atomic E-state index is 0.645. The van der Waals surface area contributed by atoms with Crippen LogP contribution in [0, 0.1) is 0 Å². The lowest BCUT2D eigenvalue weighted by Gasteiger charge is -2.11. The van der Waals surface area contributed by atoms with Crippen LogP contribution in [0.4, 0.5) is 0 Å². The summed E-state index contributed by atoms with van der Waals surface area (Å²) in [5.74, 6) is 1.96. The highest BCUT2D eigenvalue weighted by Crippen LogP contribution is 2.37. The van der Waals surface area contributed by atoms with Crippen molar-refractivity contribution >= 4 is 43.6 Å². The maximum atomic E-state index is 4.91. The first-order valence-electron chi connectivity index (χ1n) is 14.7. The number of benzene rings is 6. The Hall–Kier alpha value is -6.07. The summed E-state index contributed by atoms with van der Waals surface area (Å²) in [7, 11) is 0. The Balaban J connectivity index is 1.21. The molecule has 0 fully saturated rings. The fraction of sp³-hybridized carbons (Fsp3) is 0. The van der Waals surface area contributed by atoms with Gasteiger partial charge in [0, 0.05) is 55.0 Å². The monoisotopic (exact) mass is 563 g/mol. The molecule has 6 aromatic carbocycles. The van der Waals surface area contributed by atoms with Crippen LogP contribution in [-0.4, -0.2) is 24.5 Å². The van der Waals surface area contributed by atoms with Gasteiger partial charge in [0.25, 0.3) is 0 Å². The zero-order chi connectivity index (χ0) is 29.0. The van der Waals surface area contributed by atoms with E-state index in [2.05, 4.69) is 94.5 Å². The fourth-order valence-corrected chi connectivity index (χ4v) is 6.29. The zero-order valence-electron chi connectivity index (χ0n) is 23.6. The van der Waals surface area contributed by atoms with Crippen LogP contribution in [0.1, 0.15) is 0 Å². The van der Waals surface area contributed by atoms with Crippen molar-refractivity contribution in [3.63, 3.8) is 0 Å². The third kappa shape index (κ3) is 3.91. The molecular weight excluding hydrogens is 538 g/mol. The molecule has 0 spiro atoms. The van der Waals surface area contributed by atoms with Crippen LogP contribution in [-0.2, 0) is 0 Å². The van der Waals surface area contributed by atoms with E-state index < -0.39 is 0 Å². The predicted octanol–water partition coefficient (Wildman–Crippen LogP) is 9.60. The number of H-pyrrole nitrogens is 1. The number of hydrogen-bond donors (Lipinski definition) is 1. The Bertz CT molecular complexity index is 2420. The van der Waals surface area contributed by atoms with Crippen molar-refractivity contribution in [3.8, 4) is 39.9 Å². The molecule has 44 heavy (non-hydrogen) atoms. The van der Waals surface area contributed by atoms with Crippen LogP contribution in [0.15, 0.2) is 146 Å². The molecule has 1 N–H and O–H groups in total. The summed E-state index contributed by atoms with van der Waals surface area (Å²) in [6.45, 7) is 0. The van der Waals surface area contributed by atoms with Gasteiger partial charge in [-0.2, -0.15) is 0 Å². The average Bonchev–Trinajstić information content (AvgIpc) is 3.62. The molecule has 5 heteroatoms. The van der Waals surface area contributed by atoms with E-state index >= 15 is 0 Å². The van der Waals surface area contributed by atoms with Gasteiger partial charge in [-0.25, -0.2) is 15.0 Å². The van der Waals surface area contributed by atoms with E-state index in [9.17, 15) is 0 Å². The fourth-order valence-electron chi connectivity index (χ4n) is 6.29. The summed E-state index contributed by atoms with van der Waals surface area (Å²) >= 11 is 0. The van der Waals surface area contributed by atoms with Crippen LogP contribution in [0.25, 0.3) is 83.5 Å². The Morgan fingerprint density at radius 1 is 0.386 bits per heavy atom. The Labute approximate surface area is 253 Å². The molecule has 0 aliphatic heterocycles. The quantitative estimate of drug-likeness (QED) is 0.232. The van der Waals surface area contributed by atoms with Crippen LogP contribution in [0.3, 0.4) is 0 Å². The molecule has 3 heterocycles. The second-order valence-electron chi connectivity index (χ2n) is 11.0. The Morgan fingerprint density at radius 2 is 0.932 bits per heavy atom. The van der Waals surface area contributed by atoms with Crippen LogP contribution < -0.4 is 0 Å². The van der Waals surface area contributed by atoms with E-state index in [0.29, 0.717) is 17.5 Å². The van der Waals surface area contributed by atoms with Crippen molar-refractivity contribution in [2.75, 3.05) is 0 Å². The molecule has 0 atom stereocenters. The third-order valence-corrected chi connectivity index (χ3v) is 8.38. The van der Waals surface area contributed by atoms with Crippen molar-refractivity contribution in [2.45, 2.75) is 0 Å². The molecule has 9 aromatic rings. The molecule has 0 aliphatic rings. The van der Waals surface area contributed by atoms with E-state index in [4.69, 9.17) is 15.0 Å². The minimum Gasteiger partial charge on any atom is -0.354 e. The lowest BCUT2D eigenvalue weighted by molar-refractivity contribution is 1.07. The smallest absolute Gasteiger partial charge is 0.164 e. The average molecular weight is 564 g/mol. The van der Waals surface area contributed by atoms with Crippen molar-refractivity contribution in [3.05, 3.63) is 146 Å². The molecular formula is C39H25N5. The van der Waals surface area contributed by atoms with E-state index in [-0.39, 0.29) is 0 Å². The lowest BCUT2D eigenvalue weighted by Crippen LogP contribution is -2.00. The molecule has 0 amide bonds. The largest absolute Gasteiger partial charge is 0.354 e. The van der Waals surface area contributed by atoms with Gasteiger partial charge in [-0.15, -0.1) is 0 Å². The number of fused-ring (bicyclic) bond motifs is 6. The Kier molecular flexibility index (Phi) is 5.43. The van der Waals surface area contributed by atoms with Gasteiger partial charge in [0.2, 0.25) is 0 Å². The van der Waals surface area contributed by atoms with Crippen molar-refractivity contribution in [1.82, 2.24) is 24.5 Å². The van der Waals surface area contributed by atoms with Crippen LogP contribution >= 0.6 is 0 Å². The van der Waals surface area contributed by atoms with Gasteiger partial charge in [-0.1, -0.05) is 97.1 Å². The second-order valence-corrected chi connectivity index (χ2v) is 11.0. The van der Waals surface area contributed by atoms with E-state index in [1.807, 2.05) is 60.7 Å². The maximum Gasteiger partial charge on any atom is 0.164 e. The van der Waals surface area contributed by atoms with E-state index in [1.54, 1.807) is 0 Å². The number of nitrogens with zero attached hydrogens (tertiary/aromatic N) is 4. The van der Waals surface area contributed by atoms with Gasteiger partial charge in [-0.3, -0.25) is 0 Å². The number of nitrogens with one attached hydrogen (secondary N) is 1. The summed E-state index contributed by atoms with van der Waals surface area (Å²) in [5, 5.41) is 4.95. The summed E-state index contributed by atoms with van der Waals surface area (Å²) < 4.78 is 2.34. The number of rotatable bonds is 4. The molecule has 5 nitrogen and oxygen atoms in total. The van der Waals surface area contributed by atoms with Crippen molar-refractivity contribution in [2.24, 2.45) is 0 Å². The molecule has 0 unspecified atom stereocenters. The van der Waals surface area contributed by atoms with E-state index in [0.717, 1.165) is 38.9 Å². The maximum absolute atomic E-state index is 4.91. The first-order valence-corrected chi connectivity index (χ1v) is 14.7. The number of aromatic amines is 1. The second kappa shape index (κ2) is 9.75. The van der Waals surface area contributed by atoms with Crippen molar-refractivity contribution < 1.29 is 0 Å². The number of hydrogen-bond acceptors (Lipinski definition) is 3. The van der Waals surface area contributed by atoms with Gasteiger partial charge in [0.15, 0.2) is 17.5 Å². The predicted molar refractivity (Wildman–Crippen MR) is 180 cm³/mol. The molecule has 206 valence electrons. The van der Waals surface area contributed by atoms with Gasteiger partial charge in [0.05, 0.1) is 11.0 Å². The minimum atomic E-state index is 0.645. The number of aromatic nitrogens is 5. The normalized spacial score (nSPS) is 11.6. The standard InChI is InChI=1S/C39H25N5/c1-3-11-25(12-4-1)37-41-38(26-13-5-2-6-14-26)43-39(42-37)27-19-21-28(22-20-27)44-35-18-10-8-16-30(35)32-23-31-29-15-7-9-17-33(29)40-34(31)24-36(32)44/h1-24,40H. The first kappa shape index (κ1) is 24.5. The summed E-state index contributed by atoms with van der Waals surface area (Å²) in [6, 6.07) is 50.4.